The molecule has 0 saturated heterocycles. The fraction of sp³-hybridized carbons (Fsp3) is 0.0769. The molecule has 0 saturated carbocycles. The molecule has 0 atom stereocenters. The van der Waals surface area contributed by atoms with Crippen molar-refractivity contribution in [1.29, 1.82) is 0 Å². The third-order valence-electron chi connectivity index (χ3n) is 2.53. The minimum absolute atomic E-state index is 0.0388. The van der Waals surface area contributed by atoms with Gasteiger partial charge in [-0.2, -0.15) is 0 Å². The molecule has 0 aliphatic carbocycles. The number of pyridine rings is 1. The van der Waals surface area contributed by atoms with Crippen molar-refractivity contribution in [2.24, 2.45) is 10.9 Å². The lowest BCUT2D eigenvalue weighted by Gasteiger charge is -2.10. The second-order valence-electron chi connectivity index (χ2n) is 3.87. The van der Waals surface area contributed by atoms with E-state index in [0.717, 1.165) is 5.56 Å². The van der Waals surface area contributed by atoms with E-state index in [1.807, 2.05) is 6.92 Å². The molecule has 5 nitrogen and oxygen atoms in total. The van der Waals surface area contributed by atoms with E-state index < -0.39 is 0 Å². The maximum Gasteiger partial charge on any atom is 0.173 e. The number of oxime groups is 1. The van der Waals surface area contributed by atoms with Crippen LogP contribution in [0.25, 0.3) is 0 Å². The quantitative estimate of drug-likeness (QED) is 0.391. The van der Waals surface area contributed by atoms with Crippen LogP contribution in [0.3, 0.4) is 0 Å². The first kappa shape index (κ1) is 13.2. The summed E-state index contributed by atoms with van der Waals surface area (Å²) in [5.41, 5.74) is 6.93. The summed E-state index contributed by atoms with van der Waals surface area (Å²) in [5, 5.41) is 12.3. The van der Waals surface area contributed by atoms with Crippen molar-refractivity contribution >= 4 is 17.4 Å². The smallest absolute Gasteiger partial charge is 0.173 e. The fourth-order valence-corrected chi connectivity index (χ4v) is 1.65. The van der Waals surface area contributed by atoms with Gasteiger partial charge in [0.1, 0.15) is 5.75 Å². The number of hydrogen-bond donors (Lipinski definition) is 2. The average molecular weight is 278 g/mol. The Morgan fingerprint density at radius 3 is 2.89 bits per heavy atom. The predicted octanol–water partition coefficient (Wildman–Crippen LogP) is 2.93. The molecule has 0 amide bonds. The molecule has 98 valence electrons. The molecule has 1 aromatic carbocycles. The Hall–Kier alpha value is -2.27. The Labute approximate surface area is 115 Å². The number of aryl methyl sites for hydroxylation is 1. The van der Waals surface area contributed by atoms with Crippen LogP contribution in [0.4, 0.5) is 0 Å². The van der Waals surface area contributed by atoms with Gasteiger partial charge in [0.2, 0.25) is 0 Å². The van der Waals surface area contributed by atoms with Crippen molar-refractivity contribution in [3.8, 4) is 11.5 Å². The predicted molar refractivity (Wildman–Crippen MR) is 73.0 cm³/mol. The Kier molecular flexibility index (Phi) is 3.87. The van der Waals surface area contributed by atoms with E-state index >= 15 is 0 Å². The number of ether oxygens (including phenoxy) is 1. The van der Waals surface area contributed by atoms with Crippen LogP contribution in [-0.4, -0.2) is 16.0 Å². The zero-order valence-electron chi connectivity index (χ0n) is 10.2. The number of halogens is 1. The van der Waals surface area contributed by atoms with E-state index in [0.29, 0.717) is 22.1 Å². The van der Waals surface area contributed by atoms with Crippen LogP contribution in [0, 0.1) is 6.92 Å². The highest BCUT2D eigenvalue weighted by atomic mass is 35.5. The molecule has 0 spiro atoms. The number of hydrogen-bond acceptors (Lipinski definition) is 4. The molecule has 19 heavy (non-hydrogen) atoms. The lowest BCUT2D eigenvalue weighted by molar-refractivity contribution is 0.318. The summed E-state index contributed by atoms with van der Waals surface area (Å²) in [6, 6.07) is 6.88. The molecule has 1 heterocycles. The van der Waals surface area contributed by atoms with E-state index in [-0.39, 0.29) is 5.84 Å². The molecule has 0 unspecified atom stereocenters. The van der Waals surface area contributed by atoms with Crippen LogP contribution in [0.2, 0.25) is 5.02 Å². The number of rotatable bonds is 3. The van der Waals surface area contributed by atoms with Crippen molar-refractivity contribution < 1.29 is 9.94 Å². The molecule has 3 N–H and O–H groups in total. The highest BCUT2D eigenvalue weighted by molar-refractivity contribution is 6.31. The normalized spacial score (nSPS) is 11.4. The molecule has 6 heteroatoms. The van der Waals surface area contributed by atoms with Gasteiger partial charge >= 0.3 is 0 Å². The molecule has 0 aliphatic rings. The zero-order valence-corrected chi connectivity index (χ0v) is 10.9. The van der Waals surface area contributed by atoms with Gasteiger partial charge < -0.3 is 15.7 Å². The Morgan fingerprint density at radius 2 is 2.21 bits per heavy atom. The SMILES string of the molecule is Cc1cc(Oc2cnccc2/C(N)=N/O)ccc1Cl. The van der Waals surface area contributed by atoms with Crippen molar-refractivity contribution in [3.05, 3.63) is 52.8 Å². The highest BCUT2D eigenvalue weighted by Crippen LogP contribution is 2.27. The molecule has 2 rings (SSSR count). The molecular weight excluding hydrogens is 266 g/mol. The van der Waals surface area contributed by atoms with E-state index in [9.17, 15) is 0 Å². The van der Waals surface area contributed by atoms with Gasteiger partial charge in [0.05, 0.1) is 11.8 Å². The van der Waals surface area contributed by atoms with Crippen LogP contribution in [0.1, 0.15) is 11.1 Å². The fourth-order valence-electron chi connectivity index (χ4n) is 1.53. The van der Waals surface area contributed by atoms with Crippen LogP contribution >= 0.6 is 11.6 Å². The Morgan fingerprint density at radius 1 is 1.42 bits per heavy atom. The molecule has 0 aliphatic heterocycles. The molecule has 0 bridgehead atoms. The van der Waals surface area contributed by atoms with Crippen molar-refractivity contribution in [1.82, 2.24) is 4.98 Å². The molecular formula is C13H12ClN3O2. The van der Waals surface area contributed by atoms with Gasteiger partial charge in [-0.15, -0.1) is 0 Å². The van der Waals surface area contributed by atoms with Gasteiger partial charge in [-0.3, -0.25) is 4.98 Å². The number of nitrogens with two attached hydrogens (primary N) is 1. The highest BCUT2D eigenvalue weighted by Gasteiger charge is 2.09. The standard InChI is InChI=1S/C13H12ClN3O2/c1-8-6-9(2-3-11(8)14)19-12-7-16-5-4-10(12)13(15)17-18/h2-7,18H,1H3,(H2,15,17). The van der Waals surface area contributed by atoms with Crippen molar-refractivity contribution in [2.45, 2.75) is 6.92 Å². The number of amidine groups is 1. The monoisotopic (exact) mass is 277 g/mol. The summed E-state index contributed by atoms with van der Waals surface area (Å²) in [6.07, 6.45) is 3.03. The summed E-state index contributed by atoms with van der Waals surface area (Å²) in [4.78, 5) is 3.95. The first-order chi connectivity index (χ1) is 9.11. The van der Waals surface area contributed by atoms with Crippen molar-refractivity contribution in [2.75, 3.05) is 0 Å². The third-order valence-corrected chi connectivity index (χ3v) is 2.95. The topological polar surface area (TPSA) is 80.7 Å². The van der Waals surface area contributed by atoms with E-state index in [1.54, 1.807) is 24.3 Å². The van der Waals surface area contributed by atoms with Crippen LogP contribution in [0.5, 0.6) is 11.5 Å². The summed E-state index contributed by atoms with van der Waals surface area (Å²) >= 11 is 5.95. The first-order valence-electron chi connectivity index (χ1n) is 5.47. The molecule has 0 fully saturated rings. The van der Waals surface area contributed by atoms with Gasteiger partial charge in [-0.25, -0.2) is 0 Å². The Bertz CT molecular complexity index is 629. The summed E-state index contributed by atoms with van der Waals surface area (Å²) in [5.74, 6) is 0.962. The lowest BCUT2D eigenvalue weighted by atomic mass is 10.2. The average Bonchev–Trinajstić information content (AvgIpc) is 2.43. The molecule has 0 radical (unpaired) electrons. The molecule has 1 aromatic heterocycles. The third kappa shape index (κ3) is 2.95. The first-order valence-corrected chi connectivity index (χ1v) is 5.85. The zero-order chi connectivity index (χ0) is 13.8. The number of benzene rings is 1. The van der Waals surface area contributed by atoms with Gasteiger partial charge in [-0.05, 0) is 36.8 Å². The van der Waals surface area contributed by atoms with Crippen LogP contribution in [-0.2, 0) is 0 Å². The number of nitrogens with zero attached hydrogens (tertiary/aromatic N) is 2. The second-order valence-corrected chi connectivity index (χ2v) is 4.28. The van der Waals surface area contributed by atoms with Gasteiger partial charge in [0, 0.05) is 11.2 Å². The Balaban J connectivity index is 2.35. The molecule has 2 aromatic rings. The summed E-state index contributed by atoms with van der Waals surface area (Å²) in [6.45, 7) is 1.88. The lowest BCUT2D eigenvalue weighted by Crippen LogP contribution is -2.14. The second kappa shape index (κ2) is 5.58. The van der Waals surface area contributed by atoms with E-state index in [4.69, 9.17) is 27.3 Å². The van der Waals surface area contributed by atoms with Gasteiger partial charge in [-0.1, -0.05) is 16.8 Å². The van der Waals surface area contributed by atoms with E-state index in [1.165, 1.54) is 12.4 Å². The minimum atomic E-state index is -0.0388. The van der Waals surface area contributed by atoms with Gasteiger partial charge in [0.15, 0.2) is 11.6 Å². The van der Waals surface area contributed by atoms with Gasteiger partial charge in [0.25, 0.3) is 0 Å². The maximum atomic E-state index is 8.73. The van der Waals surface area contributed by atoms with Crippen molar-refractivity contribution in [3.63, 3.8) is 0 Å². The van der Waals surface area contributed by atoms with Crippen LogP contribution < -0.4 is 10.5 Å². The number of aromatic nitrogens is 1. The maximum absolute atomic E-state index is 8.73. The summed E-state index contributed by atoms with van der Waals surface area (Å²) in [7, 11) is 0. The van der Waals surface area contributed by atoms with Crippen LogP contribution in [0.15, 0.2) is 41.8 Å². The largest absolute Gasteiger partial charge is 0.455 e. The minimum Gasteiger partial charge on any atom is -0.455 e. The summed E-state index contributed by atoms with van der Waals surface area (Å²) < 4.78 is 5.68. The van der Waals surface area contributed by atoms with E-state index in [2.05, 4.69) is 10.1 Å².